The molecule has 0 radical (unpaired) electrons. The van der Waals surface area contributed by atoms with Gasteiger partial charge in [0.25, 0.3) is 0 Å². The SMILES string of the molecule is C=CCO[C@H]1O[C@@H]2CO[C@@H](c3ccccc3)O[C@H]2[C@H](OC(=O)c2ccccc2)[C@H]1O[C@@H]1S[C@H](COC(C)=O)[C@@H](OC(C)=O)[C@H](OC(C)=O)[C@H]1OC(C)=O. The standard InChI is InChI=1S/C37H42O15S/c1-6-17-43-36-32(52-37-33(48-23(5)41)31(47-22(4)40)29(46-21(3)39)27(53-37)19-44-20(2)38)30(50-34(42)24-13-9-7-10-14-24)28-26(49-36)18-45-35(51-28)25-15-11-8-12-16-25/h6-16,26-33,35-37H,1,17-19H2,2-5H3/t26-,27-,28-,29-,30+,31+,32-,33-,35-,36+,37-/m1/s1. The topological polar surface area (TPSA) is 178 Å². The Hall–Kier alpha value is -4.32. The zero-order valence-corrected chi connectivity index (χ0v) is 30.4. The van der Waals surface area contributed by atoms with Gasteiger partial charge in [0.05, 0.1) is 24.0 Å². The maximum atomic E-state index is 13.7. The van der Waals surface area contributed by atoms with Crippen LogP contribution in [0.2, 0.25) is 0 Å². The van der Waals surface area contributed by atoms with Gasteiger partial charge in [-0.25, -0.2) is 4.79 Å². The number of benzene rings is 2. The van der Waals surface area contributed by atoms with Crippen molar-refractivity contribution >= 4 is 41.6 Å². The predicted molar refractivity (Wildman–Crippen MR) is 184 cm³/mol. The Morgan fingerprint density at radius 1 is 0.755 bits per heavy atom. The Labute approximate surface area is 310 Å². The van der Waals surface area contributed by atoms with Gasteiger partial charge >= 0.3 is 29.8 Å². The van der Waals surface area contributed by atoms with Gasteiger partial charge in [0.15, 0.2) is 37.0 Å². The molecule has 0 saturated carbocycles. The number of hydrogen-bond donors (Lipinski definition) is 0. The number of thioether (sulfide) groups is 1. The molecule has 2 aromatic carbocycles. The van der Waals surface area contributed by atoms with Crippen LogP contribution in [-0.2, 0) is 66.5 Å². The van der Waals surface area contributed by atoms with E-state index in [1.807, 2.05) is 30.3 Å². The highest BCUT2D eigenvalue weighted by Crippen LogP contribution is 2.43. The second-order valence-corrected chi connectivity index (χ2v) is 13.6. The van der Waals surface area contributed by atoms with Gasteiger partial charge in [-0.1, -0.05) is 54.6 Å². The monoisotopic (exact) mass is 758 g/mol. The first-order valence-corrected chi connectivity index (χ1v) is 17.8. The van der Waals surface area contributed by atoms with Crippen LogP contribution in [0.15, 0.2) is 73.3 Å². The quantitative estimate of drug-likeness (QED) is 0.165. The summed E-state index contributed by atoms with van der Waals surface area (Å²) < 4.78 is 60.1. The molecule has 286 valence electrons. The highest BCUT2D eigenvalue weighted by molar-refractivity contribution is 8.00. The maximum absolute atomic E-state index is 13.7. The van der Waals surface area contributed by atoms with E-state index < -0.39 is 95.8 Å². The van der Waals surface area contributed by atoms with Crippen molar-refractivity contribution in [1.29, 1.82) is 0 Å². The molecule has 0 aliphatic carbocycles. The van der Waals surface area contributed by atoms with Gasteiger partial charge in [0.2, 0.25) is 0 Å². The first-order valence-electron chi connectivity index (χ1n) is 16.9. The lowest BCUT2D eigenvalue weighted by molar-refractivity contribution is -0.366. The zero-order chi connectivity index (χ0) is 38.1. The molecule has 15 nitrogen and oxygen atoms in total. The van der Waals surface area contributed by atoms with Crippen LogP contribution in [0.4, 0.5) is 0 Å². The summed E-state index contributed by atoms with van der Waals surface area (Å²) in [5.74, 6) is -3.62. The summed E-state index contributed by atoms with van der Waals surface area (Å²) in [5, 5.41) is -0.902. The van der Waals surface area contributed by atoms with Crippen molar-refractivity contribution in [2.75, 3.05) is 19.8 Å². The molecule has 11 atom stereocenters. The molecule has 3 aliphatic rings. The van der Waals surface area contributed by atoms with Crippen molar-refractivity contribution in [3.05, 3.63) is 84.4 Å². The third-order valence-electron chi connectivity index (χ3n) is 8.23. The van der Waals surface area contributed by atoms with Crippen molar-refractivity contribution in [1.82, 2.24) is 0 Å². The Morgan fingerprint density at radius 3 is 2.00 bits per heavy atom. The zero-order valence-electron chi connectivity index (χ0n) is 29.6. The molecule has 0 unspecified atom stereocenters. The number of carbonyl (C=O) groups is 5. The molecular weight excluding hydrogens is 716 g/mol. The molecule has 0 bridgehead atoms. The van der Waals surface area contributed by atoms with Gasteiger partial charge in [-0.2, -0.15) is 0 Å². The number of esters is 5. The van der Waals surface area contributed by atoms with E-state index in [1.54, 1.807) is 30.3 Å². The Morgan fingerprint density at radius 2 is 1.38 bits per heavy atom. The van der Waals surface area contributed by atoms with Crippen molar-refractivity contribution in [2.24, 2.45) is 0 Å². The summed E-state index contributed by atoms with van der Waals surface area (Å²) in [7, 11) is 0. The normalized spacial score (nSPS) is 30.8. The second-order valence-electron chi connectivity index (χ2n) is 12.2. The highest BCUT2D eigenvalue weighted by Gasteiger charge is 2.58. The third kappa shape index (κ3) is 10.4. The number of rotatable bonds is 13. The lowest BCUT2D eigenvalue weighted by Gasteiger charge is -2.50. The van der Waals surface area contributed by atoms with Gasteiger partial charge in [0, 0.05) is 33.3 Å². The average Bonchev–Trinajstić information content (AvgIpc) is 3.13. The third-order valence-corrected chi connectivity index (χ3v) is 9.63. The first kappa shape index (κ1) is 39.9. The van der Waals surface area contributed by atoms with E-state index >= 15 is 0 Å². The summed E-state index contributed by atoms with van der Waals surface area (Å²) in [4.78, 5) is 63.0. The van der Waals surface area contributed by atoms with E-state index in [4.69, 9.17) is 47.4 Å². The summed E-state index contributed by atoms with van der Waals surface area (Å²) in [6.45, 7) is 8.07. The molecule has 16 heteroatoms. The summed E-state index contributed by atoms with van der Waals surface area (Å²) in [5.41, 5.74) is -0.304. The smallest absolute Gasteiger partial charge is 0.338 e. The minimum absolute atomic E-state index is 0.0134. The summed E-state index contributed by atoms with van der Waals surface area (Å²) >= 11 is 0.986. The molecule has 0 aromatic heterocycles. The van der Waals surface area contributed by atoms with E-state index in [1.165, 1.54) is 13.0 Å². The fraction of sp³-hybridized carbons (Fsp3) is 0.486. The fourth-order valence-corrected chi connectivity index (χ4v) is 7.53. The van der Waals surface area contributed by atoms with Gasteiger partial charge in [0.1, 0.15) is 30.4 Å². The fourth-order valence-electron chi connectivity index (χ4n) is 6.12. The van der Waals surface area contributed by atoms with Gasteiger partial charge < -0.3 is 47.4 Å². The number of fused-ring (bicyclic) bond motifs is 1. The Balaban J connectivity index is 1.57. The van der Waals surface area contributed by atoms with Crippen LogP contribution in [0.3, 0.4) is 0 Å². The molecule has 0 N–H and O–H groups in total. The predicted octanol–water partition coefficient (Wildman–Crippen LogP) is 3.44. The van der Waals surface area contributed by atoms with Crippen LogP contribution in [0.1, 0.15) is 49.9 Å². The molecular formula is C37H42O15S. The molecule has 2 aromatic rings. The molecule has 3 aliphatic heterocycles. The van der Waals surface area contributed by atoms with E-state index in [0.717, 1.165) is 32.5 Å². The van der Waals surface area contributed by atoms with Gasteiger partial charge in [-0.3, -0.25) is 19.2 Å². The molecule has 53 heavy (non-hydrogen) atoms. The summed E-state index contributed by atoms with van der Waals surface area (Å²) in [6, 6.07) is 17.4. The maximum Gasteiger partial charge on any atom is 0.338 e. The van der Waals surface area contributed by atoms with Gasteiger partial charge in [-0.05, 0) is 12.1 Å². The molecule has 3 fully saturated rings. The van der Waals surface area contributed by atoms with Crippen molar-refractivity contribution in [3.63, 3.8) is 0 Å². The van der Waals surface area contributed by atoms with E-state index in [9.17, 15) is 24.0 Å². The van der Waals surface area contributed by atoms with Crippen molar-refractivity contribution in [2.45, 2.75) is 93.7 Å². The van der Waals surface area contributed by atoms with E-state index in [-0.39, 0.29) is 25.4 Å². The van der Waals surface area contributed by atoms with Crippen LogP contribution in [-0.4, -0.2) is 109 Å². The van der Waals surface area contributed by atoms with Crippen LogP contribution < -0.4 is 0 Å². The first-order chi connectivity index (χ1) is 25.4. The van der Waals surface area contributed by atoms with Crippen LogP contribution in [0.25, 0.3) is 0 Å². The second kappa shape index (κ2) is 18.6. The van der Waals surface area contributed by atoms with E-state index in [2.05, 4.69) is 6.58 Å². The van der Waals surface area contributed by atoms with Gasteiger partial charge in [-0.15, -0.1) is 18.3 Å². The Kier molecular flexibility index (Phi) is 14.0. The Bertz CT molecular complexity index is 1590. The largest absolute Gasteiger partial charge is 0.465 e. The van der Waals surface area contributed by atoms with Crippen LogP contribution in [0, 0.1) is 0 Å². The minimum atomic E-state index is -1.43. The molecule has 5 rings (SSSR count). The van der Waals surface area contributed by atoms with Crippen molar-refractivity contribution in [3.8, 4) is 0 Å². The number of hydrogen-bond acceptors (Lipinski definition) is 16. The molecule has 0 amide bonds. The van der Waals surface area contributed by atoms with Crippen molar-refractivity contribution < 1.29 is 71.3 Å². The summed E-state index contributed by atoms with van der Waals surface area (Å²) in [6.07, 6.45) is -9.03. The molecule has 3 saturated heterocycles. The minimum Gasteiger partial charge on any atom is -0.465 e. The van der Waals surface area contributed by atoms with Crippen LogP contribution >= 0.6 is 11.8 Å². The van der Waals surface area contributed by atoms with E-state index in [0.29, 0.717) is 5.56 Å². The molecule has 0 spiro atoms. The highest BCUT2D eigenvalue weighted by atomic mass is 32.2. The lowest BCUT2D eigenvalue weighted by atomic mass is 9.96. The average molecular weight is 759 g/mol. The number of carbonyl (C=O) groups excluding carboxylic acids is 5. The van der Waals surface area contributed by atoms with Crippen LogP contribution in [0.5, 0.6) is 0 Å². The lowest BCUT2D eigenvalue weighted by Crippen LogP contribution is -2.66. The number of ether oxygens (including phenoxy) is 10. The molecule has 3 heterocycles.